The lowest BCUT2D eigenvalue weighted by Gasteiger charge is -2.10. The van der Waals surface area contributed by atoms with E-state index >= 15 is 0 Å². The Morgan fingerprint density at radius 3 is 2.16 bits per heavy atom. The molecule has 0 spiro atoms. The number of nitrogens with two attached hydrogens (primary N) is 1. The van der Waals surface area contributed by atoms with Gasteiger partial charge in [-0.05, 0) is 28.8 Å². The number of rotatable bonds is 2. The third kappa shape index (κ3) is 2.80. The fourth-order valence-corrected chi connectivity index (χ4v) is 2.65. The fourth-order valence-electron chi connectivity index (χ4n) is 2.65. The molecule has 3 rings (SSSR count). The van der Waals surface area contributed by atoms with Gasteiger partial charge < -0.3 is 15.8 Å². The molecule has 0 atom stereocenters. The van der Waals surface area contributed by atoms with Crippen LogP contribution >= 0.6 is 0 Å². The Bertz CT molecular complexity index is 1100. The summed E-state index contributed by atoms with van der Waals surface area (Å²) < 4.78 is 0. The van der Waals surface area contributed by atoms with E-state index in [0.717, 1.165) is 11.1 Å². The number of aromatic hydroxyl groups is 1. The maximum atomic E-state index is 12.0. The number of nitrogens with one attached hydrogen (secondary N) is 1. The highest BCUT2D eigenvalue weighted by atomic mass is 16.3. The summed E-state index contributed by atoms with van der Waals surface area (Å²) in [6.45, 7) is 0. The molecule has 0 amide bonds. The molecule has 1 heterocycles. The van der Waals surface area contributed by atoms with E-state index in [-0.39, 0.29) is 28.3 Å². The molecule has 0 aliphatic heterocycles. The SMILES string of the molecule is N#Cc1c(N)[nH]c(=O)c(C#N)c1-c1ccc(-c2cccc(O)c2)cc1. The minimum Gasteiger partial charge on any atom is -0.508 e. The van der Waals surface area contributed by atoms with Gasteiger partial charge in [0, 0.05) is 5.56 Å². The maximum absolute atomic E-state index is 12.0. The van der Waals surface area contributed by atoms with Gasteiger partial charge in [-0.1, -0.05) is 36.4 Å². The first-order valence-corrected chi connectivity index (χ1v) is 7.31. The van der Waals surface area contributed by atoms with Crippen molar-refractivity contribution >= 4 is 5.82 Å². The number of anilines is 1. The summed E-state index contributed by atoms with van der Waals surface area (Å²) in [6.07, 6.45) is 0. The average Bonchev–Trinajstić information content (AvgIpc) is 2.61. The van der Waals surface area contributed by atoms with Gasteiger partial charge in [0.05, 0.1) is 0 Å². The van der Waals surface area contributed by atoms with Gasteiger partial charge in [-0.25, -0.2) is 0 Å². The number of hydrogen-bond donors (Lipinski definition) is 3. The molecule has 0 fully saturated rings. The number of benzene rings is 2. The van der Waals surface area contributed by atoms with E-state index in [4.69, 9.17) is 5.73 Å². The summed E-state index contributed by atoms with van der Waals surface area (Å²) >= 11 is 0. The molecule has 0 saturated heterocycles. The van der Waals surface area contributed by atoms with Crippen molar-refractivity contribution < 1.29 is 5.11 Å². The minimum absolute atomic E-state index is 0.0567. The first-order valence-electron chi connectivity index (χ1n) is 7.31. The Balaban J connectivity index is 2.18. The Labute approximate surface area is 143 Å². The molecule has 0 bridgehead atoms. The number of aromatic amines is 1. The number of nitrogens with zero attached hydrogens (tertiary/aromatic N) is 2. The molecule has 3 aromatic rings. The van der Waals surface area contributed by atoms with Crippen LogP contribution in [0.2, 0.25) is 0 Å². The van der Waals surface area contributed by atoms with Crippen LogP contribution in [0.25, 0.3) is 22.3 Å². The lowest BCUT2D eigenvalue weighted by Crippen LogP contribution is -2.16. The summed E-state index contributed by atoms with van der Waals surface area (Å²) in [5, 5.41) is 28.2. The lowest BCUT2D eigenvalue weighted by molar-refractivity contribution is 0.475. The molecule has 120 valence electrons. The number of hydrogen-bond acceptors (Lipinski definition) is 5. The minimum atomic E-state index is -0.633. The first kappa shape index (κ1) is 15.9. The molecule has 0 aliphatic carbocycles. The highest BCUT2D eigenvalue weighted by Gasteiger charge is 2.18. The predicted octanol–water partition coefficient (Wildman–Crippen LogP) is 2.74. The number of nitrogen functional groups attached to an aromatic ring is 1. The van der Waals surface area contributed by atoms with Crippen LogP contribution in [-0.2, 0) is 0 Å². The van der Waals surface area contributed by atoms with Crippen LogP contribution in [-0.4, -0.2) is 10.1 Å². The topological polar surface area (TPSA) is 127 Å². The molecule has 0 aliphatic rings. The second-order valence-electron chi connectivity index (χ2n) is 5.34. The van der Waals surface area contributed by atoms with Gasteiger partial charge in [-0.2, -0.15) is 10.5 Å². The standard InChI is InChI=1S/C19H12N4O2/c20-9-15-17(16(10-21)19(25)23-18(15)22)12-6-4-11(5-7-12)13-2-1-3-14(24)8-13/h1-8,24H,(H3,22,23,25). The second-order valence-corrected chi connectivity index (χ2v) is 5.34. The van der Waals surface area contributed by atoms with Crippen LogP contribution in [0.1, 0.15) is 11.1 Å². The van der Waals surface area contributed by atoms with Gasteiger partial charge in [-0.3, -0.25) is 4.79 Å². The highest BCUT2D eigenvalue weighted by molar-refractivity contribution is 5.81. The second kappa shape index (κ2) is 6.23. The molecular formula is C19H12N4O2. The molecular weight excluding hydrogens is 316 g/mol. The normalized spacial score (nSPS) is 10.0. The molecule has 1 aromatic heterocycles. The number of phenolic OH excluding ortho intramolecular Hbond substituents is 1. The van der Waals surface area contributed by atoms with E-state index in [1.165, 1.54) is 0 Å². The van der Waals surface area contributed by atoms with Gasteiger partial charge in [0.2, 0.25) is 0 Å². The summed E-state index contributed by atoms with van der Waals surface area (Å²) in [4.78, 5) is 14.3. The zero-order chi connectivity index (χ0) is 18.0. The van der Waals surface area contributed by atoms with Crippen LogP contribution in [0.15, 0.2) is 53.3 Å². The van der Waals surface area contributed by atoms with Crippen LogP contribution in [0, 0.1) is 22.7 Å². The van der Waals surface area contributed by atoms with Crippen LogP contribution in [0.4, 0.5) is 5.82 Å². The van der Waals surface area contributed by atoms with Gasteiger partial charge >= 0.3 is 0 Å². The van der Waals surface area contributed by atoms with E-state index < -0.39 is 5.56 Å². The number of phenols is 1. The number of nitriles is 2. The first-order chi connectivity index (χ1) is 12.0. The number of pyridine rings is 1. The smallest absolute Gasteiger partial charge is 0.268 e. The van der Waals surface area contributed by atoms with Crippen LogP contribution < -0.4 is 11.3 Å². The zero-order valence-corrected chi connectivity index (χ0v) is 12.9. The van der Waals surface area contributed by atoms with E-state index in [1.807, 2.05) is 18.2 Å². The average molecular weight is 328 g/mol. The summed E-state index contributed by atoms with van der Waals surface area (Å²) in [6, 6.07) is 17.5. The van der Waals surface area contributed by atoms with Gasteiger partial charge in [0.15, 0.2) is 0 Å². The molecule has 0 unspecified atom stereocenters. The monoisotopic (exact) mass is 328 g/mol. The van der Waals surface area contributed by atoms with Crippen molar-refractivity contribution in [3.63, 3.8) is 0 Å². The summed E-state index contributed by atoms with van der Waals surface area (Å²) in [7, 11) is 0. The molecule has 25 heavy (non-hydrogen) atoms. The largest absolute Gasteiger partial charge is 0.508 e. The molecule has 4 N–H and O–H groups in total. The summed E-state index contributed by atoms with van der Waals surface area (Å²) in [5.41, 5.74) is 7.40. The van der Waals surface area contributed by atoms with Crippen molar-refractivity contribution in [3.05, 3.63) is 70.0 Å². The molecule has 6 nitrogen and oxygen atoms in total. The van der Waals surface area contributed by atoms with Crippen LogP contribution in [0.5, 0.6) is 5.75 Å². The number of aromatic nitrogens is 1. The predicted molar refractivity (Wildman–Crippen MR) is 93.4 cm³/mol. The maximum Gasteiger partial charge on any atom is 0.268 e. The van der Waals surface area contributed by atoms with Crippen molar-refractivity contribution in [2.24, 2.45) is 0 Å². The fraction of sp³-hybridized carbons (Fsp3) is 0. The van der Waals surface area contributed by atoms with E-state index in [1.54, 1.807) is 42.5 Å². The molecule has 6 heteroatoms. The quantitative estimate of drug-likeness (QED) is 0.666. The van der Waals surface area contributed by atoms with Crippen molar-refractivity contribution in [2.75, 3.05) is 5.73 Å². The molecule has 0 saturated carbocycles. The van der Waals surface area contributed by atoms with Crippen molar-refractivity contribution in [3.8, 4) is 40.1 Å². The molecule has 2 aromatic carbocycles. The lowest BCUT2D eigenvalue weighted by atomic mass is 9.94. The van der Waals surface area contributed by atoms with Crippen molar-refractivity contribution in [2.45, 2.75) is 0 Å². The van der Waals surface area contributed by atoms with Gasteiger partial charge in [0.25, 0.3) is 5.56 Å². The van der Waals surface area contributed by atoms with Crippen molar-refractivity contribution in [1.82, 2.24) is 4.98 Å². The van der Waals surface area contributed by atoms with Crippen LogP contribution in [0.3, 0.4) is 0 Å². The van der Waals surface area contributed by atoms with E-state index in [2.05, 4.69) is 4.98 Å². The Morgan fingerprint density at radius 2 is 1.56 bits per heavy atom. The molecule has 0 radical (unpaired) electrons. The Morgan fingerprint density at radius 1 is 0.920 bits per heavy atom. The van der Waals surface area contributed by atoms with Crippen molar-refractivity contribution in [1.29, 1.82) is 10.5 Å². The third-order valence-electron chi connectivity index (χ3n) is 3.82. The highest BCUT2D eigenvalue weighted by Crippen LogP contribution is 2.30. The Kier molecular flexibility index (Phi) is 3.95. The summed E-state index contributed by atoms with van der Waals surface area (Å²) in [5.74, 6) is 0.0843. The van der Waals surface area contributed by atoms with Gasteiger partial charge in [-0.15, -0.1) is 0 Å². The zero-order valence-electron chi connectivity index (χ0n) is 12.9. The Hall–Kier alpha value is -4.03. The van der Waals surface area contributed by atoms with Gasteiger partial charge in [0.1, 0.15) is 34.8 Å². The number of H-pyrrole nitrogens is 1. The van der Waals surface area contributed by atoms with E-state index in [9.17, 15) is 20.4 Å². The van der Waals surface area contributed by atoms with E-state index in [0.29, 0.717) is 5.56 Å². The third-order valence-corrected chi connectivity index (χ3v) is 3.82.